The second kappa shape index (κ2) is 17.5. The Balaban J connectivity index is -0.000000541. The first-order valence-electron chi connectivity index (χ1n) is 10.6. The lowest BCUT2D eigenvalue weighted by Crippen LogP contribution is -2.14. The number of amides is 1. The number of anilines is 1. The van der Waals surface area contributed by atoms with Crippen LogP contribution in [0.5, 0.6) is 0 Å². The minimum absolute atomic E-state index is 0. The number of esters is 1. The van der Waals surface area contributed by atoms with Gasteiger partial charge in [0.1, 0.15) is 0 Å². The monoisotopic (exact) mass is 482 g/mol. The Morgan fingerprint density at radius 2 is 1.52 bits per heavy atom. The molecule has 9 heteroatoms. The zero-order valence-corrected chi connectivity index (χ0v) is 21.6. The molecule has 1 amide bonds. The first kappa shape index (κ1) is 32.1. The summed E-state index contributed by atoms with van der Waals surface area (Å²) in [6.07, 6.45) is 2.72. The van der Waals surface area contributed by atoms with Crippen molar-refractivity contribution in [3.8, 4) is 0 Å². The van der Waals surface area contributed by atoms with Crippen LogP contribution in [0.1, 0.15) is 64.9 Å². The van der Waals surface area contributed by atoms with E-state index < -0.39 is 15.8 Å². The zero-order chi connectivity index (χ0) is 26.0. The van der Waals surface area contributed by atoms with Crippen LogP contribution in [0.2, 0.25) is 0 Å². The van der Waals surface area contributed by atoms with Crippen LogP contribution in [0.25, 0.3) is 0 Å². The summed E-state index contributed by atoms with van der Waals surface area (Å²) in [4.78, 5) is 37.2. The number of rotatable bonds is 6. The van der Waals surface area contributed by atoms with Crippen molar-refractivity contribution in [1.29, 1.82) is 0 Å². The number of Topliss-reactive ketones (excluding diaryl/α,β-unsaturated/α-hetero) is 1. The number of nitrogens with zero attached hydrogens (tertiary/aromatic N) is 1. The van der Waals surface area contributed by atoms with Crippen molar-refractivity contribution in [1.82, 2.24) is 4.98 Å². The van der Waals surface area contributed by atoms with Crippen molar-refractivity contribution >= 4 is 33.2 Å². The van der Waals surface area contributed by atoms with Crippen LogP contribution >= 0.6 is 0 Å². The number of methoxy groups -OCH3 is 1. The molecule has 186 valence electrons. The van der Waals surface area contributed by atoms with Crippen LogP contribution in [0.4, 0.5) is 5.69 Å². The van der Waals surface area contributed by atoms with E-state index in [1.54, 1.807) is 12.3 Å². The molecule has 0 fully saturated rings. The maximum atomic E-state index is 11.5. The Hall–Kier alpha value is -3.07. The second-order valence-electron chi connectivity index (χ2n) is 6.17. The highest BCUT2D eigenvalue weighted by Crippen LogP contribution is 2.14. The SMILES string of the molecule is CC.CC.CC(=O)c1ccc(C)nc1.COC(=O)CCC(=O)Nc1ccc(S(C)(=O)=O)cc1.[HH]. The molecule has 33 heavy (non-hydrogen) atoms. The molecule has 0 saturated carbocycles. The topological polar surface area (TPSA) is 120 Å². The van der Waals surface area contributed by atoms with Crippen LogP contribution in [0.15, 0.2) is 47.5 Å². The normalized spacial score (nSPS) is 9.45. The smallest absolute Gasteiger partial charge is 0.306 e. The Labute approximate surface area is 199 Å². The van der Waals surface area contributed by atoms with E-state index in [0.29, 0.717) is 11.3 Å². The number of ether oxygens (including phenoxy) is 1. The predicted molar refractivity (Wildman–Crippen MR) is 133 cm³/mol. The van der Waals surface area contributed by atoms with E-state index >= 15 is 0 Å². The van der Waals surface area contributed by atoms with E-state index in [1.165, 1.54) is 38.3 Å². The van der Waals surface area contributed by atoms with Crippen molar-refractivity contribution < 1.29 is 29.0 Å². The van der Waals surface area contributed by atoms with Crippen LogP contribution in [-0.4, -0.2) is 44.4 Å². The third-order valence-corrected chi connectivity index (χ3v) is 4.80. The summed E-state index contributed by atoms with van der Waals surface area (Å²) < 4.78 is 26.9. The lowest BCUT2D eigenvalue weighted by molar-refractivity contribution is -0.141. The number of pyridine rings is 1. The lowest BCUT2D eigenvalue weighted by atomic mass is 10.2. The van der Waals surface area contributed by atoms with Gasteiger partial charge in [0.2, 0.25) is 5.91 Å². The molecule has 8 nitrogen and oxygen atoms in total. The van der Waals surface area contributed by atoms with Crippen LogP contribution in [0, 0.1) is 6.92 Å². The van der Waals surface area contributed by atoms with Gasteiger partial charge in [-0.05, 0) is 50.2 Å². The van der Waals surface area contributed by atoms with Crippen molar-refractivity contribution in [3.63, 3.8) is 0 Å². The fourth-order valence-electron chi connectivity index (χ4n) is 2.00. The van der Waals surface area contributed by atoms with Gasteiger partial charge < -0.3 is 10.1 Å². The highest BCUT2D eigenvalue weighted by molar-refractivity contribution is 7.90. The zero-order valence-electron chi connectivity index (χ0n) is 20.8. The van der Waals surface area contributed by atoms with E-state index in [0.717, 1.165) is 11.9 Å². The van der Waals surface area contributed by atoms with Gasteiger partial charge in [0.05, 0.1) is 18.4 Å². The number of aryl methyl sites for hydroxylation is 1. The van der Waals surface area contributed by atoms with Crippen LogP contribution in [-0.2, 0) is 24.2 Å². The summed E-state index contributed by atoms with van der Waals surface area (Å²) in [7, 11) is -1.99. The fourth-order valence-corrected chi connectivity index (χ4v) is 2.63. The van der Waals surface area contributed by atoms with Gasteiger partial charge >= 0.3 is 5.97 Å². The summed E-state index contributed by atoms with van der Waals surface area (Å²) >= 11 is 0. The summed E-state index contributed by atoms with van der Waals surface area (Å²) in [5.74, 6) is -0.729. The molecular weight excluding hydrogens is 444 g/mol. The molecule has 0 bridgehead atoms. The molecular formula is C24H38N2O6S. The predicted octanol–water partition coefficient (Wildman–Crippen LogP) is 4.87. The molecule has 0 unspecified atom stereocenters. The molecule has 0 aliphatic heterocycles. The average molecular weight is 483 g/mol. The van der Waals surface area contributed by atoms with E-state index in [9.17, 15) is 22.8 Å². The molecule has 1 aromatic carbocycles. The third-order valence-electron chi connectivity index (χ3n) is 3.67. The van der Waals surface area contributed by atoms with Gasteiger partial charge in [0.15, 0.2) is 15.6 Å². The number of ketones is 1. The molecule has 2 rings (SSSR count). The number of sulfone groups is 1. The molecule has 0 aliphatic rings. The summed E-state index contributed by atoms with van der Waals surface area (Å²) in [5.41, 5.74) is 2.08. The highest BCUT2D eigenvalue weighted by atomic mass is 32.2. The molecule has 0 radical (unpaired) electrons. The molecule has 0 atom stereocenters. The fraction of sp³-hybridized carbons (Fsp3) is 0.417. The van der Waals surface area contributed by atoms with Gasteiger partial charge in [-0.1, -0.05) is 27.7 Å². The highest BCUT2D eigenvalue weighted by Gasteiger charge is 2.09. The van der Waals surface area contributed by atoms with Gasteiger partial charge in [-0.25, -0.2) is 8.42 Å². The second-order valence-corrected chi connectivity index (χ2v) is 8.18. The number of aromatic nitrogens is 1. The van der Waals surface area contributed by atoms with Crippen molar-refractivity contribution in [2.24, 2.45) is 0 Å². The number of nitrogens with one attached hydrogen (secondary N) is 1. The minimum Gasteiger partial charge on any atom is -0.469 e. The van der Waals surface area contributed by atoms with E-state index in [-0.39, 0.29) is 30.9 Å². The van der Waals surface area contributed by atoms with Gasteiger partial charge in [0, 0.05) is 37.2 Å². The summed E-state index contributed by atoms with van der Waals surface area (Å²) in [5, 5.41) is 2.56. The Kier molecular flexibility index (Phi) is 17.0. The summed E-state index contributed by atoms with van der Waals surface area (Å²) in [6.45, 7) is 11.4. The maximum absolute atomic E-state index is 11.5. The first-order chi connectivity index (χ1) is 15.5. The van der Waals surface area contributed by atoms with E-state index in [4.69, 9.17) is 0 Å². The van der Waals surface area contributed by atoms with E-state index in [1.807, 2.05) is 40.7 Å². The Morgan fingerprint density at radius 1 is 0.970 bits per heavy atom. The van der Waals surface area contributed by atoms with E-state index in [2.05, 4.69) is 15.0 Å². The van der Waals surface area contributed by atoms with Crippen molar-refractivity contribution in [2.45, 2.75) is 59.3 Å². The molecule has 1 N–H and O–H groups in total. The lowest BCUT2D eigenvalue weighted by Gasteiger charge is -2.05. The van der Waals surface area contributed by atoms with Gasteiger partial charge in [-0.3, -0.25) is 19.4 Å². The third kappa shape index (κ3) is 14.6. The molecule has 0 spiro atoms. The minimum atomic E-state index is -3.25. The average Bonchev–Trinajstić information content (AvgIpc) is 2.80. The van der Waals surface area contributed by atoms with Crippen molar-refractivity contribution in [2.75, 3.05) is 18.7 Å². The standard InChI is InChI=1S/C12H15NO5S.C8H9NO.2C2H6.H2/c1-18-12(15)8-7-11(14)13-9-3-5-10(6-4-9)19(2,16)17;1-6-3-4-8(5-9-6)7(2)10;2*1-2;/h3-6H,7-8H2,1-2H3,(H,13,14);3-5H,1-2H3;2*1-2H3;1H. The summed E-state index contributed by atoms with van der Waals surface area (Å²) in [6, 6.07) is 9.41. The quantitative estimate of drug-likeness (QED) is 0.460. The van der Waals surface area contributed by atoms with Gasteiger partial charge in [-0.15, -0.1) is 0 Å². The van der Waals surface area contributed by atoms with Gasteiger partial charge in [0.25, 0.3) is 0 Å². The Morgan fingerprint density at radius 3 is 1.91 bits per heavy atom. The van der Waals surface area contributed by atoms with Crippen LogP contribution in [0.3, 0.4) is 0 Å². The molecule has 0 saturated heterocycles. The number of carbonyl (C=O) groups is 3. The van der Waals surface area contributed by atoms with Crippen LogP contribution < -0.4 is 5.32 Å². The molecule has 1 heterocycles. The number of hydrogen-bond donors (Lipinski definition) is 1. The number of benzene rings is 1. The first-order valence-corrected chi connectivity index (χ1v) is 12.5. The molecule has 1 aromatic heterocycles. The largest absolute Gasteiger partial charge is 0.469 e. The molecule has 0 aliphatic carbocycles. The van der Waals surface area contributed by atoms with Gasteiger partial charge in [-0.2, -0.15) is 0 Å². The molecule has 2 aromatic rings. The Bertz CT molecular complexity index is 960. The number of hydrogen-bond acceptors (Lipinski definition) is 7. The number of carbonyl (C=O) groups excluding carboxylic acids is 3. The maximum Gasteiger partial charge on any atom is 0.306 e. The van der Waals surface area contributed by atoms with Crippen molar-refractivity contribution in [3.05, 3.63) is 53.9 Å².